The number of aromatic nitrogens is 2. The summed E-state index contributed by atoms with van der Waals surface area (Å²) in [5.41, 5.74) is 0.292. The summed E-state index contributed by atoms with van der Waals surface area (Å²) in [7, 11) is 0. The maximum absolute atomic E-state index is 13.2. The first kappa shape index (κ1) is 23.5. The van der Waals surface area contributed by atoms with Crippen LogP contribution >= 0.6 is 11.8 Å². The standard InChI is InChI=1S/C21H21FN2O7S/c1-11(25)28-18-10-32-21(20(30-13(3)27)19(18)29-12(2)26)31-16-6-14(7-23-9-16)17-5-4-15(22)8-24-17/h4-9,18-21H,10H2,1-3H3/t18-,19+,20-,21+/m1/s1. The fourth-order valence-corrected chi connectivity index (χ4v) is 4.33. The molecule has 9 nitrogen and oxygen atoms in total. The molecule has 0 unspecified atom stereocenters. The fourth-order valence-electron chi connectivity index (χ4n) is 3.11. The van der Waals surface area contributed by atoms with E-state index in [9.17, 15) is 18.8 Å². The molecule has 170 valence electrons. The first-order valence-electron chi connectivity index (χ1n) is 9.60. The van der Waals surface area contributed by atoms with Gasteiger partial charge < -0.3 is 18.9 Å². The van der Waals surface area contributed by atoms with Crippen molar-refractivity contribution in [2.45, 2.75) is 44.5 Å². The lowest BCUT2D eigenvalue weighted by Crippen LogP contribution is -2.55. The first-order chi connectivity index (χ1) is 15.2. The Bertz CT molecular complexity index is 988. The lowest BCUT2D eigenvalue weighted by Gasteiger charge is -2.39. The van der Waals surface area contributed by atoms with Crippen LogP contribution in [0, 0.1) is 5.82 Å². The Balaban J connectivity index is 1.86. The van der Waals surface area contributed by atoms with Crippen molar-refractivity contribution in [2.24, 2.45) is 0 Å². The highest BCUT2D eigenvalue weighted by atomic mass is 32.2. The molecule has 0 N–H and O–H groups in total. The zero-order chi connectivity index (χ0) is 23.3. The summed E-state index contributed by atoms with van der Waals surface area (Å²) in [5.74, 6) is -1.69. The number of hydrogen-bond donors (Lipinski definition) is 0. The van der Waals surface area contributed by atoms with E-state index >= 15 is 0 Å². The van der Waals surface area contributed by atoms with Crippen molar-refractivity contribution in [3.8, 4) is 17.0 Å². The predicted octanol–water partition coefficient (Wildman–Crippen LogP) is 2.53. The molecule has 2 aromatic heterocycles. The average molecular weight is 464 g/mol. The number of halogens is 1. The van der Waals surface area contributed by atoms with Gasteiger partial charge in [0.05, 0.1) is 18.1 Å². The summed E-state index contributed by atoms with van der Waals surface area (Å²) in [4.78, 5) is 43.1. The van der Waals surface area contributed by atoms with Gasteiger partial charge in [0, 0.05) is 38.3 Å². The number of hydrogen-bond acceptors (Lipinski definition) is 10. The van der Waals surface area contributed by atoms with Crippen molar-refractivity contribution < 1.29 is 37.7 Å². The van der Waals surface area contributed by atoms with Crippen LogP contribution in [0.25, 0.3) is 11.3 Å². The van der Waals surface area contributed by atoms with E-state index in [1.807, 2.05) is 0 Å². The monoisotopic (exact) mass is 464 g/mol. The van der Waals surface area contributed by atoms with Gasteiger partial charge in [-0.1, -0.05) is 0 Å². The molecule has 0 aliphatic carbocycles. The lowest BCUT2D eigenvalue weighted by atomic mass is 10.1. The largest absolute Gasteiger partial charge is 0.474 e. The molecule has 1 fully saturated rings. The highest BCUT2D eigenvalue weighted by Crippen LogP contribution is 2.34. The molecule has 0 amide bonds. The van der Waals surface area contributed by atoms with Crippen molar-refractivity contribution in [3.63, 3.8) is 0 Å². The Morgan fingerprint density at radius 3 is 2.28 bits per heavy atom. The van der Waals surface area contributed by atoms with Gasteiger partial charge in [-0.05, 0) is 18.2 Å². The van der Waals surface area contributed by atoms with E-state index in [0.29, 0.717) is 17.0 Å². The summed E-state index contributed by atoms with van der Waals surface area (Å²) in [5, 5.41) is 0. The highest BCUT2D eigenvalue weighted by Gasteiger charge is 2.47. The summed E-state index contributed by atoms with van der Waals surface area (Å²) < 4.78 is 35.2. The van der Waals surface area contributed by atoms with Gasteiger partial charge in [0.25, 0.3) is 0 Å². The molecule has 2 aromatic rings. The van der Waals surface area contributed by atoms with Crippen molar-refractivity contribution in [1.82, 2.24) is 9.97 Å². The molecule has 0 spiro atoms. The minimum Gasteiger partial charge on any atom is -0.474 e. The van der Waals surface area contributed by atoms with E-state index in [1.54, 1.807) is 12.3 Å². The van der Waals surface area contributed by atoms with Crippen LogP contribution in [0.3, 0.4) is 0 Å². The van der Waals surface area contributed by atoms with Gasteiger partial charge in [-0.3, -0.25) is 24.4 Å². The Morgan fingerprint density at radius 2 is 1.66 bits per heavy atom. The zero-order valence-electron chi connectivity index (χ0n) is 17.5. The topological polar surface area (TPSA) is 114 Å². The average Bonchev–Trinajstić information content (AvgIpc) is 2.72. The van der Waals surface area contributed by atoms with E-state index in [-0.39, 0.29) is 5.75 Å². The van der Waals surface area contributed by atoms with Gasteiger partial charge in [0.2, 0.25) is 0 Å². The van der Waals surface area contributed by atoms with Crippen LogP contribution in [-0.2, 0) is 28.6 Å². The molecule has 1 aliphatic rings. The second kappa shape index (κ2) is 10.4. The molecule has 1 saturated heterocycles. The second-order valence-electron chi connectivity index (χ2n) is 6.89. The molecule has 0 saturated carbocycles. The number of nitrogens with zero attached hydrogens (tertiary/aromatic N) is 2. The van der Waals surface area contributed by atoms with Crippen LogP contribution in [0.1, 0.15) is 20.8 Å². The molecular formula is C21H21FN2O7S. The number of carbonyl (C=O) groups excluding carboxylic acids is 3. The summed E-state index contributed by atoms with van der Waals surface area (Å²) in [6, 6.07) is 4.44. The molecular weight excluding hydrogens is 443 g/mol. The number of carbonyl (C=O) groups is 3. The smallest absolute Gasteiger partial charge is 0.303 e. The van der Waals surface area contributed by atoms with Crippen LogP contribution in [0.5, 0.6) is 5.75 Å². The Kier molecular flexibility index (Phi) is 7.62. The van der Waals surface area contributed by atoms with E-state index in [2.05, 4.69) is 9.97 Å². The Morgan fingerprint density at radius 1 is 0.969 bits per heavy atom. The van der Waals surface area contributed by atoms with E-state index < -0.39 is 47.5 Å². The molecule has 3 heterocycles. The third kappa shape index (κ3) is 6.16. The summed E-state index contributed by atoms with van der Waals surface area (Å²) in [6.07, 6.45) is 1.17. The number of ether oxygens (including phenoxy) is 4. The van der Waals surface area contributed by atoms with Crippen molar-refractivity contribution in [3.05, 3.63) is 42.6 Å². The van der Waals surface area contributed by atoms with Gasteiger partial charge in [-0.25, -0.2) is 4.39 Å². The summed E-state index contributed by atoms with van der Waals surface area (Å²) >= 11 is 1.23. The van der Waals surface area contributed by atoms with Crippen LogP contribution in [0.4, 0.5) is 4.39 Å². The quantitative estimate of drug-likeness (QED) is 0.467. The third-order valence-electron chi connectivity index (χ3n) is 4.29. The van der Waals surface area contributed by atoms with Gasteiger partial charge in [0.15, 0.2) is 23.7 Å². The van der Waals surface area contributed by atoms with Crippen molar-refractivity contribution in [1.29, 1.82) is 0 Å². The lowest BCUT2D eigenvalue weighted by molar-refractivity contribution is -0.186. The molecule has 0 radical (unpaired) electrons. The Hall–Kier alpha value is -3.21. The molecule has 0 aromatic carbocycles. The molecule has 32 heavy (non-hydrogen) atoms. The van der Waals surface area contributed by atoms with Crippen molar-refractivity contribution >= 4 is 29.7 Å². The highest BCUT2D eigenvalue weighted by molar-refractivity contribution is 7.99. The Labute approximate surface area is 187 Å². The van der Waals surface area contributed by atoms with Crippen LogP contribution in [-0.4, -0.2) is 57.4 Å². The molecule has 0 bridgehead atoms. The molecule has 4 atom stereocenters. The van der Waals surface area contributed by atoms with Crippen LogP contribution in [0.2, 0.25) is 0 Å². The van der Waals surface area contributed by atoms with E-state index in [0.717, 1.165) is 6.20 Å². The van der Waals surface area contributed by atoms with E-state index in [1.165, 1.54) is 50.9 Å². The van der Waals surface area contributed by atoms with Crippen LogP contribution in [0.15, 0.2) is 36.8 Å². The molecule has 11 heteroatoms. The number of esters is 3. The normalized spacial score (nSPS) is 22.5. The second-order valence-corrected chi connectivity index (χ2v) is 8.02. The minimum atomic E-state index is -1.05. The number of thioether (sulfide) groups is 1. The SMILES string of the molecule is CC(=O)O[C@@H]1[C@@H](OC(C)=O)[C@@H](Oc2cncc(-c3ccc(F)cn3)c2)SC[C@H]1OC(C)=O. The van der Waals surface area contributed by atoms with Gasteiger partial charge in [0.1, 0.15) is 11.6 Å². The zero-order valence-corrected chi connectivity index (χ0v) is 18.3. The summed E-state index contributed by atoms with van der Waals surface area (Å²) in [6.45, 7) is 3.65. The molecule has 3 rings (SSSR count). The first-order valence-corrected chi connectivity index (χ1v) is 10.6. The van der Waals surface area contributed by atoms with E-state index in [4.69, 9.17) is 18.9 Å². The fraction of sp³-hybridized carbons (Fsp3) is 0.381. The molecule has 1 aliphatic heterocycles. The third-order valence-corrected chi connectivity index (χ3v) is 5.51. The minimum absolute atomic E-state index is 0.243. The van der Waals surface area contributed by atoms with Gasteiger partial charge >= 0.3 is 17.9 Å². The maximum atomic E-state index is 13.2. The van der Waals surface area contributed by atoms with Crippen molar-refractivity contribution in [2.75, 3.05) is 5.75 Å². The maximum Gasteiger partial charge on any atom is 0.303 e. The predicted molar refractivity (Wildman–Crippen MR) is 111 cm³/mol. The number of pyridine rings is 2. The number of rotatable bonds is 6. The van der Waals surface area contributed by atoms with Crippen LogP contribution < -0.4 is 4.74 Å². The van der Waals surface area contributed by atoms with Gasteiger partial charge in [-0.15, -0.1) is 11.8 Å². The van der Waals surface area contributed by atoms with Gasteiger partial charge in [-0.2, -0.15) is 0 Å².